The molecule has 1 rings (SSSR count). The van der Waals surface area contributed by atoms with Gasteiger partial charge in [-0.05, 0) is 20.3 Å². The predicted octanol–water partition coefficient (Wildman–Crippen LogP) is 2.50. The van der Waals surface area contributed by atoms with Crippen LogP contribution in [0.15, 0.2) is 10.5 Å². The molecule has 2 N–H and O–H groups in total. The van der Waals surface area contributed by atoms with Crippen molar-refractivity contribution in [2.75, 3.05) is 33.2 Å². The first-order valence-corrected chi connectivity index (χ1v) is 8.65. The Morgan fingerprint density at radius 3 is 2.70 bits per heavy atom. The van der Waals surface area contributed by atoms with Crippen LogP contribution in [-0.2, 0) is 0 Å². The second-order valence-corrected chi connectivity index (χ2v) is 5.89. The molecular formula is C15H28IN5OS. The maximum atomic E-state index is 12.0. The van der Waals surface area contributed by atoms with Crippen LogP contribution in [0.25, 0.3) is 0 Å². The minimum Gasteiger partial charge on any atom is -0.357 e. The first kappa shape index (κ1) is 22.1. The molecule has 0 unspecified atom stereocenters. The van der Waals surface area contributed by atoms with Crippen LogP contribution in [0, 0.1) is 6.92 Å². The lowest BCUT2D eigenvalue weighted by atomic mass is 10.3. The van der Waals surface area contributed by atoms with E-state index in [0.29, 0.717) is 18.0 Å². The summed E-state index contributed by atoms with van der Waals surface area (Å²) in [6, 6.07) is 0. The van der Waals surface area contributed by atoms with Gasteiger partial charge in [0.2, 0.25) is 0 Å². The van der Waals surface area contributed by atoms with E-state index in [2.05, 4.69) is 39.4 Å². The van der Waals surface area contributed by atoms with E-state index in [0.717, 1.165) is 37.6 Å². The Balaban J connectivity index is 0.00000484. The number of nitrogens with zero attached hydrogens (tertiary/aromatic N) is 3. The van der Waals surface area contributed by atoms with Gasteiger partial charge >= 0.3 is 0 Å². The molecule has 0 saturated carbocycles. The molecule has 8 heteroatoms. The van der Waals surface area contributed by atoms with Gasteiger partial charge in [0.05, 0.1) is 17.7 Å². The summed E-state index contributed by atoms with van der Waals surface area (Å²) in [6.45, 7) is 8.97. The number of thiazole rings is 1. The van der Waals surface area contributed by atoms with Gasteiger partial charge in [-0.3, -0.25) is 9.79 Å². The van der Waals surface area contributed by atoms with Crippen molar-refractivity contribution >= 4 is 47.2 Å². The van der Waals surface area contributed by atoms with Crippen LogP contribution in [0.5, 0.6) is 0 Å². The highest BCUT2D eigenvalue weighted by Gasteiger charge is 2.10. The molecule has 1 heterocycles. The zero-order valence-corrected chi connectivity index (χ0v) is 17.5. The largest absolute Gasteiger partial charge is 0.357 e. The van der Waals surface area contributed by atoms with E-state index < -0.39 is 0 Å². The summed E-state index contributed by atoms with van der Waals surface area (Å²) in [6.07, 6.45) is 2.30. The normalized spacial score (nSPS) is 10.9. The van der Waals surface area contributed by atoms with Crippen molar-refractivity contribution in [2.24, 2.45) is 4.99 Å². The third kappa shape index (κ3) is 7.96. The fourth-order valence-electron chi connectivity index (χ4n) is 1.90. The molecule has 6 nitrogen and oxygen atoms in total. The highest BCUT2D eigenvalue weighted by atomic mass is 127. The summed E-state index contributed by atoms with van der Waals surface area (Å²) in [4.78, 5) is 23.4. The first-order chi connectivity index (χ1) is 10.6. The van der Waals surface area contributed by atoms with Crippen LogP contribution in [0.1, 0.15) is 42.1 Å². The van der Waals surface area contributed by atoms with Crippen molar-refractivity contribution in [3.63, 3.8) is 0 Å². The van der Waals surface area contributed by atoms with Gasteiger partial charge in [-0.2, -0.15) is 0 Å². The van der Waals surface area contributed by atoms with Gasteiger partial charge in [0, 0.05) is 26.7 Å². The van der Waals surface area contributed by atoms with Gasteiger partial charge in [0.15, 0.2) is 5.96 Å². The molecule has 0 radical (unpaired) electrons. The summed E-state index contributed by atoms with van der Waals surface area (Å²) in [5, 5.41) is 6.15. The topological polar surface area (TPSA) is 69.6 Å². The number of aliphatic imine (C=N–C) groups is 1. The minimum atomic E-state index is -0.0699. The van der Waals surface area contributed by atoms with Crippen LogP contribution in [0.4, 0.5) is 0 Å². The average Bonchev–Trinajstić information content (AvgIpc) is 2.93. The van der Waals surface area contributed by atoms with Crippen molar-refractivity contribution in [3.8, 4) is 0 Å². The number of rotatable bonds is 8. The number of hydrogen-bond acceptors (Lipinski definition) is 4. The molecule has 0 aromatic carbocycles. The number of hydrogen-bond donors (Lipinski definition) is 2. The molecule has 0 atom stereocenters. The standard InChI is InChI=1S/C15H27N5OS.HI/c1-5-7-10-20(4)15(16-6-2)18-9-8-17-14(21)13-12(3)19-11-22-13;/h11H,5-10H2,1-4H3,(H,16,18)(H,17,21);1H. The van der Waals surface area contributed by atoms with E-state index in [-0.39, 0.29) is 29.9 Å². The van der Waals surface area contributed by atoms with Gasteiger partial charge in [-0.1, -0.05) is 13.3 Å². The van der Waals surface area contributed by atoms with Crippen molar-refractivity contribution in [2.45, 2.75) is 33.6 Å². The zero-order chi connectivity index (χ0) is 16.4. The maximum Gasteiger partial charge on any atom is 0.263 e. The molecule has 0 bridgehead atoms. The number of aryl methyl sites for hydroxylation is 1. The summed E-state index contributed by atoms with van der Waals surface area (Å²) < 4.78 is 0. The molecule has 1 amide bonds. The van der Waals surface area contributed by atoms with Gasteiger partial charge < -0.3 is 15.5 Å². The second kappa shape index (κ2) is 12.5. The Bertz CT molecular complexity index is 492. The molecule has 0 aliphatic heterocycles. The molecule has 132 valence electrons. The van der Waals surface area contributed by atoms with Gasteiger partial charge in [-0.15, -0.1) is 35.3 Å². The molecule has 0 spiro atoms. The molecular weight excluding hydrogens is 425 g/mol. The van der Waals surface area contributed by atoms with Gasteiger partial charge in [0.25, 0.3) is 5.91 Å². The number of aromatic nitrogens is 1. The van der Waals surface area contributed by atoms with Crippen molar-refractivity contribution in [1.82, 2.24) is 20.5 Å². The number of halogens is 1. The Kier molecular flexibility index (Phi) is 12.0. The SMILES string of the molecule is CCCCN(C)C(=NCCNC(=O)c1scnc1C)NCC.I. The molecule has 0 aliphatic carbocycles. The highest BCUT2D eigenvalue weighted by molar-refractivity contribution is 14.0. The monoisotopic (exact) mass is 453 g/mol. The summed E-state index contributed by atoms with van der Waals surface area (Å²) in [7, 11) is 2.04. The van der Waals surface area contributed by atoms with Crippen LogP contribution in [0.3, 0.4) is 0 Å². The van der Waals surface area contributed by atoms with E-state index in [1.165, 1.54) is 11.3 Å². The summed E-state index contributed by atoms with van der Waals surface area (Å²) in [5.74, 6) is 0.818. The van der Waals surface area contributed by atoms with Gasteiger partial charge in [-0.25, -0.2) is 4.98 Å². The third-order valence-corrected chi connectivity index (χ3v) is 4.08. The molecule has 1 aromatic heterocycles. The van der Waals surface area contributed by atoms with Crippen LogP contribution in [-0.4, -0.2) is 55.0 Å². The van der Waals surface area contributed by atoms with Gasteiger partial charge in [0.1, 0.15) is 4.88 Å². The number of carbonyl (C=O) groups is 1. The van der Waals surface area contributed by atoms with Crippen molar-refractivity contribution in [1.29, 1.82) is 0 Å². The highest BCUT2D eigenvalue weighted by Crippen LogP contribution is 2.11. The predicted molar refractivity (Wildman–Crippen MR) is 108 cm³/mol. The smallest absolute Gasteiger partial charge is 0.263 e. The lowest BCUT2D eigenvalue weighted by Crippen LogP contribution is -2.40. The molecule has 0 saturated heterocycles. The number of guanidine groups is 1. The van der Waals surface area contributed by atoms with E-state index in [1.807, 2.05) is 14.0 Å². The van der Waals surface area contributed by atoms with E-state index in [1.54, 1.807) is 5.51 Å². The maximum absolute atomic E-state index is 12.0. The van der Waals surface area contributed by atoms with E-state index in [4.69, 9.17) is 0 Å². The fourth-order valence-corrected chi connectivity index (χ4v) is 2.62. The second-order valence-electron chi connectivity index (χ2n) is 5.03. The molecule has 23 heavy (non-hydrogen) atoms. The lowest BCUT2D eigenvalue weighted by molar-refractivity contribution is 0.0958. The number of amides is 1. The summed E-state index contributed by atoms with van der Waals surface area (Å²) in [5.41, 5.74) is 2.47. The minimum absolute atomic E-state index is 0. The van der Waals surface area contributed by atoms with Crippen molar-refractivity contribution in [3.05, 3.63) is 16.1 Å². The Hall–Kier alpha value is -0.900. The van der Waals surface area contributed by atoms with Crippen LogP contribution >= 0.6 is 35.3 Å². The molecule has 0 fully saturated rings. The summed E-state index contributed by atoms with van der Waals surface area (Å²) >= 11 is 1.36. The molecule has 1 aromatic rings. The first-order valence-electron chi connectivity index (χ1n) is 7.77. The van der Waals surface area contributed by atoms with Crippen LogP contribution < -0.4 is 10.6 Å². The lowest BCUT2D eigenvalue weighted by Gasteiger charge is -2.21. The Morgan fingerprint density at radius 1 is 1.39 bits per heavy atom. The number of unbranched alkanes of at least 4 members (excludes halogenated alkanes) is 1. The zero-order valence-electron chi connectivity index (χ0n) is 14.4. The van der Waals surface area contributed by atoms with Crippen molar-refractivity contribution < 1.29 is 4.79 Å². The Morgan fingerprint density at radius 2 is 2.13 bits per heavy atom. The van der Waals surface area contributed by atoms with E-state index >= 15 is 0 Å². The Labute approximate surface area is 160 Å². The quantitative estimate of drug-likeness (QED) is 0.275. The third-order valence-electron chi connectivity index (χ3n) is 3.15. The van der Waals surface area contributed by atoms with Crippen LogP contribution in [0.2, 0.25) is 0 Å². The van der Waals surface area contributed by atoms with E-state index in [9.17, 15) is 4.79 Å². The number of nitrogens with one attached hydrogen (secondary N) is 2. The average molecular weight is 453 g/mol. The molecule has 0 aliphatic rings. The fraction of sp³-hybridized carbons (Fsp3) is 0.667. The number of carbonyl (C=O) groups excluding carboxylic acids is 1.